The molecule has 0 aliphatic rings. The van der Waals surface area contributed by atoms with E-state index in [1.165, 1.54) is 6.20 Å². The molecule has 0 saturated heterocycles. The highest BCUT2D eigenvalue weighted by Crippen LogP contribution is 2.23. The molecule has 0 atom stereocenters. The Kier molecular flexibility index (Phi) is 5.99. The largest absolute Gasteiger partial charge is 0.487 e. The van der Waals surface area contributed by atoms with Crippen LogP contribution in [0.1, 0.15) is 34.7 Å². The molecule has 4 rings (SSSR count). The molecule has 31 heavy (non-hydrogen) atoms. The average Bonchev–Trinajstić information content (AvgIpc) is 3.28. The van der Waals surface area contributed by atoms with Crippen LogP contribution >= 0.6 is 0 Å². The molecule has 5 nitrogen and oxygen atoms in total. The van der Waals surface area contributed by atoms with Crippen LogP contribution in [0.3, 0.4) is 0 Å². The number of aryl methyl sites for hydroxylation is 1. The lowest BCUT2D eigenvalue weighted by Crippen LogP contribution is -1.98. The van der Waals surface area contributed by atoms with Crippen molar-refractivity contribution in [1.29, 1.82) is 0 Å². The van der Waals surface area contributed by atoms with Gasteiger partial charge in [-0.3, -0.25) is 4.98 Å². The molecule has 2 heterocycles. The van der Waals surface area contributed by atoms with Crippen LogP contribution in [-0.4, -0.2) is 15.2 Å². The summed E-state index contributed by atoms with van der Waals surface area (Å²) in [6.45, 7) is 2.27. The number of hydrogen-bond donors (Lipinski definition) is 0. The van der Waals surface area contributed by atoms with E-state index in [9.17, 15) is 8.78 Å². The molecule has 2 aromatic heterocycles. The third-order valence-electron chi connectivity index (χ3n) is 4.29. The summed E-state index contributed by atoms with van der Waals surface area (Å²) in [4.78, 5) is 4.26. The minimum atomic E-state index is -2.81. The zero-order chi connectivity index (χ0) is 21.6. The Labute approximate surface area is 177 Å². The molecule has 0 spiro atoms. The normalized spacial score (nSPS) is 10.6. The van der Waals surface area contributed by atoms with E-state index >= 15 is 0 Å². The summed E-state index contributed by atoms with van der Waals surface area (Å²) < 4.78 is 35.9. The lowest BCUT2D eigenvalue weighted by Gasteiger charge is -2.06. The third-order valence-corrected chi connectivity index (χ3v) is 4.29. The standard InChI is InChI=1S/C24H17F2N3O2/c1-16-4-2-5-17(12-16)8-9-18-6-3-7-21(13-18)30-15-20-11-10-19(14-27-20)23-28-29-24(31-23)22(25)26/h2-7,10-14,22H,15H2,1H3. The van der Waals surface area contributed by atoms with Crippen LogP contribution in [0.5, 0.6) is 5.75 Å². The van der Waals surface area contributed by atoms with Gasteiger partial charge < -0.3 is 9.15 Å². The van der Waals surface area contributed by atoms with Gasteiger partial charge in [-0.25, -0.2) is 0 Å². The Hall–Kier alpha value is -4.05. The first-order valence-electron chi connectivity index (χ1n) is 9.45. The van der Waals surface area contributed by atoms with Crippen LogP contribution in [0.25, 0.3) is 11.5 Å². The molecule has 2 aromatic carbocycles. The number of rotatable bonds is 5. The molecule has 7 heteroatoms. The van der Waals surface area contributed by atoms with Crippen LogP contribution in [0, 0.1) is 18.8 Å². The lowest BCUT2D eigenvalue weighted by atomic mass is 10.1. The molecule has 4 aromatic rings. The number of hydrogen-bond acceptors (Lipinski definition) is 5. The Morgan fingerprint density at radius 1 is 0.968 bits per heavy atom. The number of nitrogens with zero attached hydrogens (tertiary/aromatic N) is 3. The Bertz CT molecular complexity index is 1240. The summed E-state index contributed by atoms with van der Waals surface area (Å²) in [7, 11) is 0. The third kappa shape index (κ3) is 5.31. The number of aromatic nitrogens is 3. The predicted octanol–water partition coefficient (Wildman–Crippen LogP) is 5.36. The quantitative estimate of drug-likeness (QED) is 0.409. The van der Waals surface area contributed by atoms with Crippen molar-refractivity contribution in [2.45, 2.75) is 20.0 Å². The highest BCUT2D eigenvalue weighted by molar-refractivity contribution is 5.50. The van der Waals surface area contributed by atoms with E-state index < -0.39 is 12.3 Å². The van der Waals surface area contributed by atoms with Gasteiger partial charge in [0.25, 0.3) is 5.89 Å². The first kappa shape index (κ1) is 20.2. The number of ether oxygens (including phenoxy) is 1. The first-order valence-corrected chi connectivity index (χ1v) is 9.45. The number of halogens is 2. The Morgan fingerprint density at radius 2 is 1.74 bits per heavy atom. The number of benzene rings is 2. The number of alkyl halides is 2. The minimum Gasteiger partial charge on any atom is -0.487 e. The second kappa shape index (κ2) is 9.18. The summed E-state index contributed by atoms with van der Waals surface area (Å²) in [6.07, 6.45) is -1.33. The van der Waals surface area contributed by atoms with Gasteiger partial charge in [-0.2, -0.15) is 8.78 Å². The molecule has 0 N–H and O–H groups in total. The average molecular weight is 417 g/mol. The van der Waals surface area contributed by atoms with Crippen molar-refractivity contribution in [2.24, 2.45) is 0 Å². The second-order valence-electron chi connectivity index (χ2n) is 6.72. The van der Waals surface area contributed by atoms with Crippen molar-refractivity contribution < 1.29 is 17.9 Å². The molecule has 0 saturated carbocycles. The van der Waals surface area contributed by atoms with Gasteiger partial charge in [0.15, 0.2) is 0 Å². The van der Waals surface area contributed by atoms with Crippen molar-refractivity contribution in [3.63, 3.8) is 0 Å². The van der Waals surface area contributed by atoms with Crippen LogP contribution in [0.4, 0.5) is 8.78 Å². The van der Waals surface area contributed by atoms with E-state index in [1.807, 2.05) is 55.5 Å². The Balaban J connectivity index is 1.40. The summed E-state index contributed by atoms with van der Waals surface area (Å²) in [5.41, 5.74) is 4.08. The van der Waals surface area contributed by atoms with E-state index in [-0.39, 0.29) is 12.5 Å². The fourth-order valence-electron chi connectivity index (χ4n) is 2.76. The second-order valence-corrected chi connectivity index (χ2v) is 6.72. The lowest BCUT2D eigenvalue weighted by molar-refractivity contribution is 0.116. The van der Waals surface area contributed by atoms with Crippen molar-refractivity contribution in [1.82, 2.24) is 15.2 Å². The minimum absolute atomic E-state index is 0.00449. The number of pyridine rings is 1. The topological polar surface area (TPSA) is 61.0 Å². The van der Waals surface area contributed by atoms with Crippen molar-refractivity contribution in [2.75, 3.05) is 0 Å². The van der Waals surface area contributed by atoms with Gasteiger partial charge in [0, 0.05) is 17.3 Å². The molecule has 0 amide bonds. The smallest absolute Gasteiger partial charge is 0.314 e. The van der Waals surface area contributed by atoms with Crippen molar-refractivity contribution in [3.8, 4) is 29.0 Å². The van der Waals surface area contributed by atoms with Crippen LogP contribution in [0.2, 0.25) is 0 Å². The molecule has 0 aliphatic heterocycles. The fraction of sp³-hybridized carbons (Fsp3) is 0.125. The van der Waals surface area contributed by atoms with Gasteiger partial charge in [-0.05, 0) is 55.0 Å². The first-order chi connectivity index (χ1) is 15.1. The zero-order valence-corrected chi connectivity index (χ0v) is 16.5. The highest BCUT2D eigenvalue weighted by Gasteiger charge is 2.17. The maximum Gasteiger partial charge on any atom is 0.314 e. The molecule has 0 unspecified atom stereocenters. The molecular formula is C24H17F2N3O2. The van der Waals surface area contributed by atoms with E-state index in [0.29, 0.717) is 17.0 Å². The molecule has 154 valence electrons. The van der Waals surface area contributed by atoms with E-state index in [4.69, 9.17) is 9.15 Å². The van der Waals surface area contributed by atoms with Gasteiger partial charge in [0.05, 0.1) is 11.3 Å². The van der Waals surface area contributed by atoms with Gasteiger partial charge in [-0.1, -0.05) is 30.0 Å². The van der Waals surface area contributed by atoms with E-state index in [0.717, 1.165) is 16.7 Å². The summed E-state index contributed by atoms with van der Waals surface area (Å²) in [5.74, 6) is 6.24. The van der Waals surface area contributed by atoms with Gasteiger partial charge in [0.1, 0.15) is 12.4 Å². The van der Waals surface area contributed by atoms with Crippen molar-refractivity contribution >= 4 is 0 Å². The Morgan fingerprint density at radius 3 is 2.42 bits per heavy atom. The van der Waals surface area contributed by atoms with Gasteiger partial charge >= 0.3 is 6.43 Å². The SMILES string of the molecule is Cc1cccc(C#Cc2cccc(OCc3ccc(-c4nnc(C(F)F)o4)cn3)c2)c1. The van der Waals surface area contributed by atoms with Gasteiger partial charge in [0.2, 0.25) is 5.89 Å². The maximum absolute atomic E-state index is 12.6. The molecule has 0 aliphatic carbocycles. The summed E-state index contributed by atoms with van der Waals surface area (Å²) in [6, 6.07) is 18.9. The van der Waals surface area contributed by atoms with Gasteiger partial charge in [-0.15, -0.1) is 10.2 Å². The summed E-state index contributed by atoms with van der Waals surface area (Å²) in [5, 5.41) is 6.91. The van der Waals surface area contributed by atoms with Crippen LogP contribution in [0.15, 0.2) is 71.3 Å². The molecular weight excluding hydrogens is 400 g/mol. The highest BCUT2D eigenvalue weighted by atomic mass is 19.3. The zero-order valence-electron chi connectivity index (χ0n) is 16.5. The maximum atomic E-state index is 12.6. The molecule has 0 radical (unpaired) electrons. The van der Waals surface area contributed by atoms with Crippen molar-refractivity contribution in [3.05, 3.63) is 95.1 Å². The predicted molar refractivity (Wildman–Crippen MR) is 110 cm³/mol. The monoisotopic (exact) mass is 417 g/mol. The van der Waals surface area contributed by atoms with E-state index in [1.54, 1.807) is 12.1 Å². The van der Waals surface area contributed by atoms with Crippen LogP contribution < -0.4 is 4.74 Å². The molecule has 0 fully saturated rings. The fourth-order valence-corrected chi connectivity index (χ4v) is 2.76. The molecule has 0 bridgehead atoms. The van der Waals surface area contributed by atoms with E-state index in [2.05, 4.69) is 27.0 Å². The summed E-state index contributed by atoms with van der Waals surface area (Å²) >= 11 is 0. The van der Waals surface area contributed by atoms with Crippen LogP contribution in [-0.2, 0) is 6.61 Å².